The molecule has 11 unspecified atom stereocenters. The molecule has 5 aliphatic carbocycles. The summed E-state index contributed by atoms with van der Waals surface area (Å²) in [5, 5.41) is 33.8. The van der Waals surface area contributed by atoms with Crippen LogP contribution >= 0.6 is 0 Å². The second-order valence-electron chi connectivity index (χ2n) is 17.9. The molecule has 1 aliphatic heterocycles. The molecule has 0 aromatic heterocycles. The highest BCUT2D eigenvalue weighted by molar-refractivity contribution is 6.00. The van der Waals surface area contributed by atoms with Crippen LogP contribution in [0.4, 0.5) is 0 Å². The first-order valence-corrected chi connectivity index (χ1v) is 18.1. The lowest BCUT2D eigenvalue weighted by Crippen LogP contribution is -2.67. The Bertz CT molecular complexity index is 1470. The average Bonchev–Trinajstić information content (AvgIpc) is 3.27. The second-order valence-corrected chi connectivity index (χ2v) is 17.9. The number of hydrogen-bond acceptors (Lipinski definition) is 6. The third-order valence-electron chi connectivity index (χ3n) is 15.2. The van der Waals surface area contributed by atoms with Crippen LogP contribution in [0.5, 0.6) is 5.75 Å². The molecule has 3 N–H and O–H groups in total. The van der Waals surface area contributed by atoms with Crippen molar-refractivity contribution in [3.05, 3.63) is 41.0 Å². The maximum atomic E-state index is 14.1. The molecule has 0 bridgehead atoms. The van der Waals surface area contributed by atoms with Crippen molar-refractivity contribution < 1.29 is 29.6 Å². The van der Waals surface area contributed by atoms with Crippen molar-refractivity contribution >= 4 is 11.6 Å². The van der Waals surface area contributed by atoms with Gasteiger partial charge in [-0.2, -0.15) is 0 Å². The van der Waals surface area contributed by atoms with Crippen molar-refractivity contribution in [3.63, 3.8) is 0 Å². The number of ketones is 2. The van der Waals surface area contributed by atoms with E-state index in [0.717, 1.165) is 24.0 Å². The highest BCUT2D eigenvalue weighted by Gasteiger charge is 2.71. The first-order chi connectivity index (χ1) is 21.5. The zero-order valence-electron chi connectivity index (χ0n) is 29.1. The standard InChI is InChI=1S/C40H56O6/c1-22(17-28(42)35-40(7,46-35)24-12-8-9-13-24)32-27-15-16-31-37(4)19-26(23-11-10-14-25(41)18-23)34(45)36(2,3)33(37)30(44)21-39(31,6)38(27,5)20-29(32)43/h10-11,14,18,22,24,26,28,30-31,33,35,41-42,44H,8-9,12-13,15-17,19-21H2,1-7H3. The van der Waals surface area contributed by atoms with Gasteiger partial charge < -0.3 is 20.1 Å². The topological polar surface area (TPSA) is 107 Å². The molecule has 46 heavy (non-hydrogen) atoms. The predicted octanol–water partition coefficient (Wildman–Crippen LogP) is 7.29. The van der Waals surface area contributed by atoms with Crippen LogP contribution in [0.25, 0.3) is 0 Å². The zero-order chi connectivity index (χ0) is 33.2. The smallest absolute Gasteiger partial charge is 0.159 e. The van der Waals surface area contributed by atoms with Crippen LogP contribution in [0.3, 0.4) is 0 Å². The number of aromatic hydroxyl groups is 1. The summed E-state index contributed by atoms with van der Waals surface area (Å²) in [6.45, 7) is 15.2. The number of carbonyl (C=O) groups excluding carboxylic acids is 2. The lowest BCUT2D eigenvalue weighted by molar-refractivity contribution is -0.219. The van der Waals surface area contributed by atoms with E-state index in [1.165, 1.54) is 31.3 Å². The number of phenolic OH excluding ortho intramolecular Hbond substituents is 1. The van der Waals surface area contributed by atoms with Crippen molar-refractivity contribution in [3.8, 4) is 5.75 Å². The van der Waals surface area contributed by atoms with Gasteiger partial charge >= 0.3 is 0 Å². The number of phenols is 1. The largest absolute Gasteiger partial charge is 0.508 e. The van der Waals surface area contributed by atoms with Gasteiger partial charge in [-0.05, 0) is 104 Å². The second kappa shape index (κ2) is 10.5. The van der Waals surface area contributed by atoms with Gasteiger partial charge in [-0.1, -0.05) is 72.1 Å². The van der Waals surface area contributed by atoms with E-state index in [1.807, 2.05) is 26.0 Å². The quantitative estimate of drug-likeness (QED) is 0.285. The number of rotatable bonds is 6. The first-order valence-electron chi connectivity index (χ1n) is 18.1. The van der Waals surface area contributed by atoms with Crippen LogP contribution in [0, 0.1) is 45.3 Å². The highest BCUT2D eigenvalue weighted by atomic mass is 16.6. The van der Waals surface area contributed by atoms with Gasteiger partial charge in [0, 0.05) is 29.1 Å². The fourth-order valence-electron chi connectivity index (χ4n) is 13.0. The molecule has 1 heterocycles. The van der Waals surface area contributed by atoms with Gasteiger partial charge in [0.1, 0.15) is 17.6 Å². The minimum Gasteiger partial charge on any atom is -0.508 e. The third kappa shape index (κ3) is 4.37. The molecule has 6 nitrogen and oxygen atoms in total. The molecule has 7 rings (SSSR count). The molecule has 6 heteroatoms. The Hall–Kier alpha value is -2.02. The van der Waals surface area contributed by atoms with Gasteiger partial charge in [-0.15, -0.1) is 0 Å². The van der Waals surface area contributed by atoms with Crippen LogP contribution in [-0.4, -0.2) is 50.8 Å². The fraction of sp³-hybridized carbons (Fsp3) is 0.750. The maximum absolute atomic E-state index is 14.1. The van der Waals surface area contributed by atoms with Crippen LogP contribution < -0.4 is 0 Å². The molecule has 6 aliphatic rings. The summed E-state index contributed by atoms with van der Waals surface area (Å²) in [4.78, 5) is 28.2. The Labute approximate surface area is 275 Å². The van der Waals surface area contributed by atoms with Crippen LogP contribution in [0.15, 0.2) is 35.4 Å². The van der Waals surface area contributed by atoms with Gasteiger partial charge in [-0.3, -0.25) is 9.59 Å². The maximum Gasteiger partial charge on any atom is 0.159 e. The molecule has 252 valence electrons. The predicted molar refractivity (Wildman–Crippen MR) is 177 cm³/mol. The monoisotopic (exact) mass is 632 g/mol. The van der Waals surface area contributed by atoms with Gasteiger partial charge in [0.05, 0.1) is 17.8 Å². The number of benzene rings is 1. The zero-order valence-corrected chi connectivity index (χ0v) is 29.1. The SMILES string of the molecule is CC(CC(O)C1OC1(C)C1CCCC1)C1=C2CCC3C4(C)CC(c5cccc(O)c5)C(=O)C(C)(C)C4C(O)CC3(C)C2(C)CC1=O. The van der Waals surface area contributed by atoms with Gasteiger partial charge in [0.15, 0.2) is 5.78 Å². The van der Waals surface area contributed by atoms with Crippen molar-refractivity contribution in [2.24, 2.45) is 45.3 Å². The van der Waals surface area contributed by atoms with Crippen molar-refractivity contribution in [2.75, 3.05) is 0 Å². The highest BCUT2D eigenvalue weighted by Crippen LogP contribution is 2.74. The van der Waals surface area contributed by atoms with E-state index in [4.69, 9.17) is 4.74 Å². The first kappa shape index (κ1) is 32.5. The summed E-state index contributed by atoms with van der Waals surface area (Å²) in [5.74, 6) is 0.635. The van der Waals surface area contributed by atoms with Crippen LogP contribution in [-0.2, 0) is 14.3 Å². The summed E-state index contributed by atoms with van der Waals surface area (Å²) in [6.07, 6.45) is 7.33. The van der Waals surface area contributed by atoms with E-state index in [9.17, 15) is 24.9 Å². The number of aliphatic hydroxyl groups is 2. The molecule has 4 saturated carbocycles. The minimum absolute atomic E-state index is 0.0604. The summed E-state index contributed by atoms with van der Waals surface area (Å²) < 4.78 is 6.18. The molecule has 0 radical (unpaired) electrons. The number of hydrogen-bond donors (Lipinski definition) is 3. The van der Waals surface area contributed by atoms with Crippen LogP contribution in [0.1, 0.15) is 124 Å². The van der Waals surface area contributed by atoms with Gasteiger partial charge in [0.2, 0.25) is 0 Å². The lowest BCUT2D eigenvalue weighted by Gasteiger charge is -2.69. The fourth-order valence-corrected chi connectivity index (χ4v) is 13.0. The Balaban J connectivity index is 1.20. The number of fused-ring (bicyclic) bond motifs is 5. The molecule has 1 aromatic carbocycles. The van der Waals surface area contributed by atoms with E-state index in [1.54, 1.807) is 12.1 Å². The third-order valence-corrected chi connectivity index (χ3v) is 15.2. The average molecular weight is 633 g/mol. The molecular formula is C40H56O6. The van der Waals surface area contributed by atoms with E-state index in [2.05, 4.69) is 34.6 Å². The van der Waals surface area contributed by atoms with E-state index in [0.29, 0.717) is 31.6 Å². The summed E-state index contributed by atoms with van der Waals surface area (Å²) >= 11 is 0. The van der Waals surface area contributed by atoms with E-state index < -0.39 is 23.0 Å². The van der Waals surface area contributed by atoms with Gasteiger partial charge in [0.25, 0.3) is 0 Å². The molecular weight excluding hydrogens is 576 g/mol. The number of aliphatic hydroxyl groups excluding tert-OH is 2. The Kier molecular flexibility index (Phi) is 7.42. The minimum atomic E-state index is -0.736. The molecule has 1 aromatic rings. The van der Waals surface area contributed by atoms with E-state index >= 15 is 0 Å². The molecule has 0 amide bonds. The Morgan fingerprint density at radius 2 is 1.70 bits per heavy atom. The van der Waals surface area contributed by atoms with Crippen molar-refractivity contribution in [2.45, 2.75) is 143 Å². The van der Waals surface area contributed by atoms with Crippen LogP contribution in [0.2, 0.25) is 0 Å². The molecule has 0 spiro atoms. The number of Topliss-reactive ketones (excluding diaryl/α,β-unsaturated/α-hetero) is 2. The number of carbonyl (C=O) groups is 2. The number of allylic oxidation sites excluding steroid dienone is 2. The van der Waals surface area contributed by atoms with Gasteiger partial charge in [-0.25, -0.2) is 0 Å². The summed E-state index contributed by atoms with van der Waals surface area (Å²) in [5.41, 5.74) is 0.980. The number of ether oxygens (including phenoxy) is 1. The Morgan fingerprint density at radius 3 is 2.37 bits per heavy atom. The number of epoxide rings is 1. The van der Waals surface area contributed by atoms with E-state index in [-0.39, 0.29) is 63.5 Å². The molecule has 11 atom stereocenters. The van der Waals surface area contributed by atoms with Crippen molar-refractivity contribution in [1.82, 2.24) is 0 Å². The lowest BCUT2D eigenvalue weighted by atomic mass is 9.35. The molecule has 5 fully saturated rings. The molecule has 1 saturated heterocycles. The van der Waals surface area contributed by atoms with Crippen molar-refractivity contribution in [1.29, 1.82) is 0 Å². The normalized spacial score (nSPS) is 44.8. The summed E-state index contributed by atoms with van der Waals surface area (Å²) in [7, 11) is 0. The summed E-state index contributed by atoms with van der Waals surface area (Å²) in [6, 6.07) is 7.13. The Morgan fingerprint density at radius 1 is 1.00 bits per heavy atom.